The van der Waals surface area contributed by atoms with E-state index in [1.165, 1.54) is 0 Å². The lowest BCUT2D eigenvalue weighted by molar-refractivity contribution is -0.129. The summed E-state index contributed by atoms with van der Waals surface area (Å²) in [6.45, 7) is 3.76. The summed E-state index contributed by atoms with van der Waals surface area (Å²) in [6.07, 6.45) is 0. The van der Waals surface area contributed by atoms with Crippen molar-refractivity contribution in [2.24, 2.45) is 0 Å². The van der Waals surface area contributed by atoms with Gasteiger partial charge >= 0.3 is 0 Å². The van der Waals surface area contributed by atoms with E-state index in [2.05, 4.69) is 0 Å². The third-order valence-electron chi connectivity index (χ3n) is 2.73. The molecule has 0 saturated heterocycles. The van der Waals surface area contributed by atoms with Crippen LogP contribution in [0, 0.1) is 6.92 Å². The Bertz CT molecular complexity index is 391. The van der Waals surface area contributed by atoms with Crippen LogP contribution in [0.2, 0.25) is 0 Å². The van der Waals surface area contributed by atoms with Crippen molar-refractivity contribution in [3.63, 3.8) is 0 Å². The molecule has 18 heavy (non-hydrogen) atoms. The largest absolute Gasteiger partial charge is 0.492 e. The van der Waals surface area contributed by atoms with Gasteiger partial charge in [0.25, 0.3) is 0 Å². The number of amides is 1. The Balaban J connectivity index is 2.30. The number of hydrogen-bond donors (Lipinski definition) is 0. The fraction of sp³-hybridized carbons (Fsp3) is 0.500. The SMILES string of the molecule is Cc1ccccc1OCCN(C)CC(=O)N(C)C. The summed E-state index contributed by atoms with van der Waals surface area (Å²) in [5, 5.41) is 0. The summed E-state index contributed by atoms with van der Waals surface area (Å²) in [4.78, 5) is 15.0. The van der Waals surface area contributed by atoms with Crippen molar-refractivity contribution in [2.45, 2.75) is 6.92 Å². The summed E-state index contributed by atoms with van der Waals surface area (Å²) in [7, 11) is 5.45. The van der Waals surface area contributed by atoms with Crippen LogP contribution in [0.5, 0.6) is 5.75 Å². The number of likely N-dealkylation sites (N-methyl/N-ethyl adjacent to an activating group) is 2. The van der Waals surface area contributed by atoms with E-state index in [0.717, 1.165) is 17.9 Å². The van der Waals surface area contributed by atoms with Gasteiger partial charge in [-0.3, -0.25) is 9.69 Å². The number of nitrogens with zero attached hydrogens (tertiary/aromatic N) is 2. The number of rotatable bonds is 6. The molecule has 100 valence electrons. The molecular formula is C14H22N2O2. The van der Waals surface area contributed by atoms with E-state index in [1.807, 2.05) is 43.1 Å². The first kappa shape index (κ1) is 14.5. The number of para-hydroxylation sites is 1. The maximum Gasteiger partial charge on any atom is 0.236 e. The van der Waals surface area contributed by atoms with E-state index in [9.17, 15) is 4.79 Å². The summed E-state index contributed by atoms with van der Waals surface area (Å²) in [5.41, 5.74) is 1.13. The van der Waals surface area contributed by atoms with Crippen LogP contribution in [-0.2, 0) is 4.79 Å². The number of hydrogen-bond acceptors (Lipinski definition) is 3. The zero-order chi connectivity index (χ0) is 13.5. The first-order valence-corrected chi connectivity index (χ1v) is 6.08. The molecule has 0 aliphatic heterocycles. The van der Waals surface area contributed by atoms with Gasteiger partial charge in [-0.2, -0.15) is 0 Å². The molecule has 0 aliphatic rings. The highest BCUT2D eigenvalue weighted by molar-refractivity contribution is 5.77. The Kier molecular flexibility index (Phi) is 5.65. The third-order valence-corrected chi connectivity index (χ3v) is 2.73. The molecule has 1 aromatic rings. The molecule has 0 aromatic heterocycles. The molecule has 0 spiro atoms. The van der Waals surface area contributed by atoms with Gasteiger partial charge in [0, 0.05) is 20.6 Å². The fourth-order valence-electron chi connectivity index (χ4n) is 1.48. The molecule has 4 heteroatoms. The van der Waals surface area contributed by atoms with Crippen LogP contribution in [-0.4, -0.2) is 56.5 Å². The number of carbonyl (C=O) groups is 1. The molecule has 0 aliphatic carbocycles. The van der Waals surface area contributed by atoms with Crippen molar-refractivity contribution in [1.29, 1.82) is 0 Å². The van der Waals surface area contributed by atoms with Gasteiger partial charge in [-0.15, -0.1) is 0 Å². The van der Waals surface area contributed by atoms with Crippen LogP contribution in [0.25, 0.3) is 0 Å². The Labute approximate surface area is 109 Å². The fourth-order valence-corrected chi connectivity index (χ4v) is 1.48. The number of aryl methyl sites for hydroxylation is 1. The van der Waals surface area contributed by atoms with E-state index < -0.39 is 0 Å². The van der Waals surface area contributed by atoms with Crippen LogP contribution in [0.3, 0.4) is 0 Å². The highest BCUT2D eigenvalue weighted by atomic mass is 16.5. The maximum atomic E-state index is 11.5. The van der Waals surface area contributed by atoms with Gasteiger partial charge in [-0.05, 0) is 25.6 Å². The lowest BCUT2D eigenvalue weighted by Crippen LogP contribution is -2.36. The molecule has 0 unspecified atom stereocenters. The van der Waals surface area contributed by atoms with Crippen LogP contribution in [0.15, 0.2) is 24.3 Å². The van der Waals surface area contributed by atoms with Crippen molar-refractivity contribution in [1.82, 2.24) is 9.80 Å². The molecule has 0 N–H and O–H groups in total. The van der Waals surface area contributed by atoms with Gasteiger partial charge in [0.1, 0.15) is 12.4 Å². The van der Waals surface area contributed by atoms with Crippen molar-refractivity contribution >= 4 is 5.91 Å². The van der Waals surface area contributed by atoms with Crippen LogP contribution < -0.4 is 4.74 Å². The minimum Gasteiger partial charge on any atom is -0.492 e. The van der Waals surface area contributed by atoms with Crippen molar-refractivity contribution < 1.29 is 9.53 Å². The molecule has 4 nitrogen and oxygen atoms in total. The summed E-state index contributed by atoms with van der Waals surface area (Å²) >= 11 is 0. The van der Waals surface area contributed by atoms with Gasteiger partial charge in [0.2, 0.25) is 5.91 Å². The van der Waals surface area contributed by atoms with Crippen molar-refractivity contribution in [3.05, 3.63) is 29.8 Å². The zero-order valence-electron chi connectivity index (χ0n) is 11.6. The predicted octanol–water partition coefficient (Wildman–Crippen LogP) is 1.39. The highest BCUT2D eigenvalue weighted by Gasteiger charge is 2.08. The second-order valence-corrected chi connectivity index (χ2v) is 4.64. The van der Waals surface area contributed by atoms with Gasteiger partial charge in [0.05, 0.1) is 6.54 Å². The van der Waals surface area contributed by atoms with Gasteiger partial charge in [-0.1, -0.05) is 18.2 Å². The zero-order valence-corrected chi connectivity index (χ0v) is 11.6. The molecule has 1 rings (SSSR count). The molecule has 1 amide bonds. The lowest BCUT2D eigenvalue weighted by atomic mass is 10.2. The minimum atomic E-state index is 0.105. The number of ether oxygens (including phenoxy) is 1. The van der Waals surface area contributed by atoms with E-state index in [-0.39, 0.29) is 5.91 Å². The monoisotopic (exact) mass is 250 g/mol. The highest BCUT2D eigenvalue weighted by Crippen LogP contribution is 2.15. The Hall–Kier alpha value is -1.55. The quantitative estimate of drug-likeness (QED) is 0.765. The molecule has 0 saturated carbocycles. The summed E-state index contributed by atoms with van der Waals surface area (Å²) in [6, 6.07) is 7.93. The molecule has 0 radical (unpaired) electrons. The van der Waals surface area contributed by atoms with Crippen LogP contribution in [0.1, 0.15) is 5.56 Å². The Morgan fingerprint density at radius 2 is 1.89 bits per heavy atom. The normalized spacial score (nSPS) is 10.5. The van der Waals surface area contributed by atoms with Gasteiger partial charge in [0.15, 0.2) is 0 Å². The lowest BCUT2D eigenvalue weighted by Gasteiger charge is -2.19. The molecule has 0 fully saturated rings. The van der Waals surface area contributed by atoms with E-state index in [4.69, 9.17) is 4.74 Å². The first-order valence-electron chi connectivity index (χ1n) is 6.08. The average Bonchev–Trinajstić information content (AvgIpc) is 2.31. The van der Waals surface area contributed by atoms with E-state index in [0.29, 0.717) is 13.2 Å². The Morgan fingerprint density at radius 3 is 2.50 bits per heavy atom. The molecular weight excluding hydrogens is 228 g/mol. The summed E-state index contributed by atoms with van der Waals surface area (Å²) in [5.74, 6) is 1.01. The smallest absolute Gasteiger partial charge is 0.236 e. The minimum absolute atomic E-state index is 0.105. The number of carbonyl (C=O) groups excluding carboxylic acids is 1. The molecule has 0 bridgehead atoms. The topological polar surface area (TPSA) is 32.8 Å². The van der Waals surface area contributed by atoms with Crippen molar-refractivity contribution in [3.8, 4) is 5.75 Å². The van der Waals surface area contributed by atoms with Crippen LogP contribution >= 0.6 is 0 Å². The van der Waals surface area contributed by atoms with Crippen LogP contribution in [0.4, 0.5) is 0 Å². The predicted molar refractivity (Wildman–Crippen MR) is 72.9 cm³/mol. The first-order chi connectivity index (χ1) is 8.50. The summed E-state index contributed by atoms with van der Waals surface area (Å²) < 4.78 is 5.68. The maximum absolute atomic E-state index is 11.5. The average molecular weight is 250 g/mol. The van der Waals surface area contributed by atoms with Gasteiger partial charge < -0.3 is 9.64 Å². The van der Waals surface area contributed by atoms with Gasteiger partial charge in [-0.25, -0.2) is 0 Å². The second kappa shape index (κ2) is 7.01. The molecule has 1 aromatic carbocycles. The van der Waals surface area contributed by atoms with E-state index in [1.54, 1.807) is 19.0 Å². The van der Waals surface area contributed by atoms with Crippen molar-refractivity contribution in [2.75, 3.05) is 40.8 Å². The number of benzene rings is 1. The second-order valence-electron chi connectivity index (χ2n) is 4.64. The molecule has 0 atom stereocenters. The molecule has 0 heterocycles. The van der Waals surface area contributed by atoms with E-state index >= 15 is 0 Å². The Morgan fingerprint density at radius 1 is 1.22 bits per heavy atom. The third kappa shape index (κ3) is 4.75. The standard InChI is InChI=1S/C14H22N2O2/c1-12-7-5-6-8-13(12)18-10-9-16(4)11-14(17)15(2)3/h5-8H,9-11H2,1-4H3.